The van der Waals surface area contributed by atoms with E-state index in [0.717, 1.165) is 43.8 Å². The zero-order valence-electron chi connectivity index (χ0n) is 19.5. The maximum absolute atomic E-state index is 13.0. The van der Waals surface area contributed by atoms with E-state index < -0.39 is 0 Å². The molecule has 2 aliphatic heterocycles. The van der Waals surface area contributed by atoms with Crippen LogP contribution in [0.3, 0.4) is 0 Å². The number of ether oxygens (including phenoxy) is 1. The summed E-state index contributed by atoms with van der Waals surface area (Å²) in [5.41, 5.74) is 0.424. The minimum Gasteiger partial charge on any atom is -0.396 e. The topological polar surface area (TPSA) is 65.9 Å². The second kappa shape index (κ2) is 12.3. The van der Waals surface area contributed by atoms with Crippen molar-refractivity contribution in [3.05, 3.63) is 16.1 Å². The highest BCUT2D eigenvalue weighted by molar-refractivity contribution is 7.09. The van der Waals surface area contributed by atoms with E-state index in [1.54, 1.807) is 11.3 Å². The van der Waals surface area contributed by atoms with Crippen LogP contribution in [-0.2, 0) is 4.74 Å². The highest BCUT2D eigenvalue weighted by Gasteiger charge is 2.41. The Morgan fingerprint density at radius 3 is 2.45 bits per heavy atom. The van der Waals surface area contributed by atoms with E-state index in [-0.39, 0.29) is 11.5 Å². The molecule has 0 aliphatic carbocycles. The number of morpholine rings is 1. The third kappa shape index (κ3) is 7.24. The monoisotopic (exact) mass is 451 g/mol. The van der Waals surface area contributed by atoms with Gasteiger partial charge < -0.3 is 19.6 Å². The molecule has 1 aromatic rings. The van der Waals surface area contributed by atoms with Crippen LogP contribution in [0, 0.1) is 0 Å². The molecule has 2 fully saturated rings. The Kier molecular flexibility index (Phi) is 9.75. The summed E-state index contributed by atoms with van der Waals surface area (Å²) in [6.07, 6.45) is 10.5. The number of hydrogen-bond donors (Lipinski definition) is 1. The fourth-order valence-electron chi connectivity index (χ4n) is 4.65. The van der Waals surface area contributed by atoms with Gasteiger partial charge in [-0.1, -0.05) is 46.0 Å². The van der Waals surface area contributed by atoms with Gasteiger partial charge in [-0.05, 0) is 32.2 Å². The molecular formula is C24H41N3O3S. The van der Waals surface area contributed by atoms with Gasteiger partial charge in [0.15, 0.2) is 0 Å². The van der Waals surface area contributed by atoms with Crippen molar-refractivity contribution >= 4 is 17.2 Å². The lowest BCUT2D eigenvalue weighted by Crippen LogP contribution is -2.58. The number of aromatic nitrogens is 1. The van der Waals surface area contributed by atoms with Crippen molar-refractivity contribution in [1.29, 1.82) is 0 Å². The van der Waals surface area contributed by atoms with Crippen molar-refractivity contribution < 1.29 is 14.6 Å². The molecule has 2 aliphatic rings. The first-order chi connectivity index (χ1) is 15.0. The number of hydrogen-bond acceptors (Lipinski definition) is 6. The zero-order chi connectivity index (χ0) is 22.1. The summed E-state index contributed by atoms with van der Waals surface area (Å²) >= 11 is 1.59. The predicted molar refractivity (Wildman–Crippen MR) is 126 cm³/mol. The zero-order valence-corrected chi connectivity index (χ0v) is 20.3. The summed E-state index contributed by atoms with van der Waals surface area (Å²) in [5, 5.41) is 11.8. The van der Waals surface area contributed by atoms with Crippen molar-refractivity contribution in [3.8, 4) is 0 Å². The van der Waals surface area contributed by atoms with Crippen molar-refractivity contribution in [1.82, 2.24) is 14.8 Å². The number of carbonyl (C=O) groups excluding carboxylic acids is 1. The Bertz CT molecular complexity index is 671. The minimum absolute atomic E-state index is 0.0623. The number of thiazole rings is 1. The van der Waals surface area contributed by atoms with Crippen molar-refractivity contribution in [3.63, 3.8) is 0 Å². The third-order valence-corrected chi connectivity index (χ3v) is 7.82. The summed E-state index contributed by atoms with van der Waals surface area (Å²) in [4.78, 5) is 22.1. The molecule has 0 saturated carbocycles. The van der Waals surface area contributed by atoms with E-state index in [2.05, 4.69) is 23.7 Å². The summed E-state index contributed by atoms with van der Waals surface area (Å²) < 4.78 is 6.25. The average molecular weight is 452 g/mol. The van der Waals surface area contributed by atoms with E-state index in [1.165, 1.54) is 38.6 Å². The molecule has 1 spiro atoms. The average Bonchev–Trinajstić information content (AvgIpc) is 3.27. The number of nitrogens with zero attached hydrogens (tertiary/aromatic N) is 3. The Morgan fingerprint density at radius 1 is 1.13 bits per heavy atom. The van der Waals surface area contributed by atoms with Crippen LogP contribution < -0.4 is 0 Å². The lowest BCUT2D eigenvalue weighted by molar-refractivity contribution is -0.127. The molecule has 7 heteroatoms. The number of piperidine rings is 1. The smallest absolute Gasteiger partial charge is 0.273 e. The Labute approximate surface area is 192 Å². The Balaban J connectivity index is 1.38. The number of amides is 1. The molecule has 3 heterocycles. The van der Waals surface area contributed by atoms with Crippen LogP contribution in [0.4, 0.5) is 0 Å². The predicted octanol–water partition coefficient (Wildman–Crippen LogP) is 4.30. The normalized spacial score (nSPS) is 19.4. The van der Waals surface area contributed by atoms with Gasteiger partial charge in [-0.3, -0.25) is 4.79 Å². The van der Waals surface area contributed by atoms with Gasteiger partial charge in [0.1, 0.15) is 5.69 Å². The van der Waals surface area contributed by atoms with Crippen LogP contribution in [0.2, 0.25) is 0 Å². The number of unbranched alkanes of at least 4 members (excludes halogenated alkanes) is 6. The van der Waals surface area contributed by atoms with E-state index in [0.29, 0.717) is 37.9 Å². The summed E-state index contributed by atoms with van der Waals surface area (Å²) in [6.45, 7) is 9.85. The van der Waals surface area contributed by atoms with E-state index in [9.17, 15) is 4.79 Å². The van der Waals surface area contributed by atoms with Crippen LogP contribution >= 0.6 is 11.3 Å². The maximum Gasteiger partial charge on any atom is 0.273 e. The van der Waals surface area contributed by atoms with Gasteiger partial charge in [0, 0.05) is 37.5 Å². The van der Waals surface area contributed by atoms with E-state index in [1.807, 2.05) is 10.3 Å². The number of aliphatic hydroxyl groups excluding tert-OH is 1. The molecule has 0 atom stereocenters. The molecule has 176 valence electrons. The molecule has 1 aromatic heterocycles. The Hall–Kier alpha value is -1.02. The molecule has 0 bridgehead atoms. The molecule has 0 radical (unpaired) electrons. The van der Waals surface area contributed by atoms with E-state index >= 15 is 0 Å². The fraction of sp³-hybridized carbons (Fsp3) is 0.833. The van der Waals surface area contributed by atoms with Crippen LogP contribution in [0.15, 0.2) is 5.38 Å². The van der Waals surface area contributed by atoms with Crippen molar-refractivity contribution in [2.45, 2.75) is 83.2 Å². The van der Waals surface area contributed by atoms with Gasteiger partial charge in [-0.2, -0.15) is 0 Å². The molecule has 1 N–H and O–H groups in total. The second-order valence-corrected chi connectivity index (χ2v) is 10.4. The largest absolute Gasteiger partial charge is 0.396 e. The fourth-order valence-corrected chi connectivity index (χ4v) is 5.46. The molecule has 0 aromatic carbocycles. The molecule has 6 nitrogen and oxygen atoms in total. The Morgan fingerprint density at radius 2 is 1.81 bits per heavy atom. The molecule has 31 heavy (non-hydrogen) atoms. The number of likely N-dealkylation sites (tertiary alicyclic amines) is 1. The molecule has 1 amide bonds. The lowest BCUT2D eigenvalue weighted by atomic mass is 9.89. The lowest BCUT2D eigenvalue weighted by Gasteiger charge is -2.47. The highest BCUT2D eigenvalue weighted by atomic mass is 32.1. The first-order valence-electron chi connectivity index (χ1n) is 12.2. The summed E-state index contributed by atoms with van der Waals surface area (Å²) in [7, 11) is 0. The third-order valence-electron chi connectivity index (χ3n) is 6.67. The minimum atomic E-state index is -0.173. The van der Waals surface area contributed by atoms with Crippen molar-refractivity contribution in [2.24, 2.45) is 0 Å². The van der Waals surface area contributed by atoms with Crippen molar-refractivity contribution in [2.75, 3.05) is 45.9 Å². The van der Waals surface area contributed by atoms with Gasteiger partial charge in [0.2, 0.25) is 0 Å². The number of carbonyl (C=O) groups is 1. The quantitative estimate of drug-likeness (QED) is 0.508. The van der Waals surface area contributed by atoms with Crippen LogP contribution in [0.25, 0.3) is 0 Å². The van der Waals surface area contributed by atoms with E-state index in [4.69, 9.17) is 9.84 Å². The first kappa shape index (κ1) is 24.6. The second-order valence-electron chi connectivity index (χ2n) is 9.52. The molecule has 3 rings (SSSR count). The van der Waals surface area contributed by atoms with Gasteiger partial charge in [0.25, 0.3) is 5.91 Å². The standard InChI is InChI=1S/C24H41N3O3S/c1-20(2)22-25-21(18-31-22)23(29)27-15-17-30-24(19-27)10-13-26(14-11-24)12-8-6-4-3-5-7-9-16-28/h18,20,28H,3-17,19H2,1-2H3. The number of rotatable bonds is 11. The maximum atomic E-state index is 13.0. The number of aliphatic hydroxyl groups is 1. The van der Waals surface area contributed by atoms with Gasteiger partial charge in [-0.15, -0.1) is 11.3 Å². The van der Waals surface area contributed by atoms with Crippen LogP contribution in [-0.4, -0.2) is 77.3 Å². The molecular weight excluding hydrogens is 410 g/mol. The summed E-state index contributed by atoms with van der Waals surface area (Å²) in [5.74, 6) is 0.422. The molecule has 2 saturated heterocycles. The molecule has 0 unspecified atom stereocenters. The summed E-state index contributed by atoms with van der Waals surface area (Å²) in [6, 6.07) is 0. The highest BCUT2D eigenvalue weighted by Crippen LogP contribution is 2.31. The van der Waals surface area contributed by atoms with Crippen LogP contribution in [0.1, 0.15) is 93.0 Å². The van der Waals surface area contributed by atoms with Gasteiger partial charge in [0.05, 0.1) is 23.8 Å². The first-order valence-corrected chi connectivity index (χ1v) is 13.1. The SMILES string of the molecule is CC(C)c1nc(C(=O)N2CCOC3(CCN(CCCCCCCCCO)CC3)C2)cs1. The van der Waals surface area contributed by atoms with Crippen LogP contribution in [0.5, 0.6) is 0 Å². The van der Waals surface area contributed by atoms with Gasteiger partial charge in [-0.25, -0.2) is 4.98 Å². The van der Waals surface area contributed by atoms with Gasteiger partial charge >= 0.3 is 0 Å².